The monoisotopic (exact) mass is 466 g/mol. The molecule has 32 heavy (non-hydrogen) atoms. The van der Waals surface area contributed by atoms with Crippen molar-refractivity contribution in [2.45, 2.75) is 13.5 Å². The molecular weight excluding hydrogens is 447 g/mol. The first-order chi connectivity index (χ1) is 15.4. The Morgan fingerprint density at radius 3 is 2.34 bits per heavy atom. The van der Waals surface area contributed by atoms with Gasteiger partial charge in [-0.25, -0.2) is 0 Å². The van der Waals surface area contributed by atoms with Crippen LogP contribution in [0.15, 0.2) is 72.4 Å². The third-order valence-corrected chi connectivity index (χ3v) is 6.01. The van der Waals surface area contributed by atoms with Crippen molar-refractivity contribution < 1.29 is 14.3 Å². The van der Waals surface area contributed by atoms with Gasteiger partial charge in [0.2, 0.25) is 0 Å². The van der Waals surface area contributed by atoms with Crippen LogP contribution in [0.5, 0.6) is 5.75 Å². The van der Waals surface area contributed by atoms with Crippen LogP contribution in [0.25, 0.3) is 5.57 Å². The summed E-state index contributed by atoms with van der Waals surface area (Å²) in [6.45, 7) is 1.93. The molecule has 7 heteroatoms. The number of imide groups is 1. The molecule has 0 fully saturated rings. The van der Waals surface area contributed by atoms with Crippen molar-refractivity contribution in [2.75, 3.05) is 12.4 Å². The molecule has 0 unspecified atom stereocenters. The minimum atomic E-state index is -0.426. The van der Waals surface area contributed by atoms with E-state index < -0.39 is 11.8 Å². The molecule has 2 amide bonds. The van der Waals surface area contributed by atoms with Gasteiger partial charge in [-0.15, -0.1) is 0 Å². The van der Waals surface area contributed by atoms with Gasteiger partial charge in [0.25, 0.3) is 11.8 Å². The van der Waals surface area contributed by atoms with Gasteiger partial charge in [-0.2, -0.15) is 0 Å². The number of nitrogens with zero attached hydrogens (tertiary/aromatic N) is 1. The lowest BCUT2D eigenvalue weighted by Gasteiger charge is -2.17. The summed E-state index contributed by atoms with van der Waals surface area (Å²) >= 11 is 12.3. The molecule has 1 aliphatic heterocycles. The van der Waals surface area contributed by atoms with Crippen molar-refractivity contribution in [1.29, 1.82) is 0 Å². The molecule has 5 nitrogen and oxygen atoms in total. The lowest BCUT2D eigenvalue weighted by atomic mass is 10.0. The minimum absolute atomic E-state index is 0.0818. The molecule has 3 aromatic rings. The summed E-state index contributed by atoms with van der Waals surface area (Å²) in [5.74, 6) is -0.219. The largest absolute Gasteiger partial charge is 0.496 e. The first-order valence-electron chi connectivity index (χ1n) is 9.91. The Labute approximate surface area is 196 Å². The number of rotatable bonds is 6. The summed E-state index contributed by atoms with van der Waals surface area (Å²) in [6.07, 6.45) is 0. The zero-order valence-electron chi connectivity index (χ0n) is 17.5. The Morgan fingerprint density at radius 1 is 0.906 bits per heavy atom. The van der Waals surface area contributed by atoms with Crippen LogP contribution in [0.3, 0.4) is 0 Å². The Morgan fingerprint density at radius 2 is 1.62 bits per heavy atom. The standard InChI is InChI=1S/C25H20Cl2N2O3/c1-15-19(27)7-5-8-20(15)28-23-22(16-10-12-18(26)13-11-16)24(30)29(25(23)31)14-17-6-3-4-9-21(17)32-2/h3-13,28H,14H2,1-2H3. The average molecular weight is 467 g/mol. The molecule has 0 spiro atoms. The number of nitrogens with one attached hydrogen (secondary N) is 1. The van der Waals surface area contributed by atoms with Crippen LogP contribution in [0.2, 0.25) is 10.0 Å². The third-order valence-electron chi connectivity index (χ3n) is 5.35. The molecule has 4 rings (SSSR count). The van der Waals surface area contributed by atoms with E-state index in [1.54, 1.807) is 49.6 Å². The second-order valence-electron chi connectivity index (χ2n) is 7.30. The van der Waals surface area contributed by atoms with Crippen molar-refractivity contribution in [2.24, 2.45) is 0 Å². The van der Waals surface area contributed by atoms with Gasteiger partial charge < -0.3 is 10.1 Å². The number of hydrogen-bond acceptors (Lipinski definition) is 4. The number of carbonyl (C=O) groups excluding carboxylic acids is 2. The van der Waals surface area contributed by atoms with Gasteiger partial charge in [-0.3, -0.25) is 14.5 Å². The third kappa shape index (κ3) is 4.09. The number of benzene rings is 3. The van der Waals surface area contributed by atoms with E-state index in [1.807, 2.05) is 31.2 Å². The van der Waals surface area contributed by atoms with E-state index in [-0.39, 0.29) is 17.8 Å². The van der Waals surface area contributed by atoms with Crippen LogP contribution in [-0.2, 0) is 16.1 Å². The zero-order valence-corrected chi connectivity index (χ0v) is 19.0. The van der Waals surface area contributed by atoms with Gasteiger partial charge >= 0.3 is 0 Å². The Hall–Kier alpha value is -3.28. The number of anilines is 1. The fourth-order valence-corrected chi connectivity index (χ4v) is 3.90. The van der Waals surface area contributed by atoms with Crippen molar-refractivity contribution >= 4 is 46.3 Å². The summed E-state index contributed by atoms with van der Waals surface area (Å²) in [5.41, 5.74) is 3.23. The highest BCUT2D eigenvalue weighted by molar-refractivity contribution is 6.37. The second kappa shape index (κ2) is 9.07. The fourth-order valence-electron chi connectivity index (χ4n) is 3.60. The highest BCUT2D eigenvalue weighted by atomic mass is 35.5. The maximum Gasteiger partial charge on any atom is 0.278 e. The fraction of sp³-hybridized carbons (Fsp3) is 0.120. The predicted molar refractivity (Wildman–Crippen MR) is 127 cm³/mol. The van der Waals surface area contributed by atoms with Gasteiger partial charge in [-0.05, 0) is 48.4 Å². The molecule has 1 N–H and O–H groups in total. The van der Waals surface area contributed by atoms with Crippen LogP contribution in [0.4, 0.5) is 5.69 Å². The van der Waals surface area contributed by atoms with Gasteiger partial charge in [0.15, 0.2) is 0 Å². The molecule has 0 aliphatic carbocycles. The Bertz CT molecular complexity index is 1240. The van der Waals surface area contributed by atoms with Gasteiger partial charge in [0.05, 0.1) is 19.2 Å². The molecule has 0 atom stereocenters. The van der Waals surface area contributed by atoms with Gasteiger partial charge in [-0.1, -0.05) is 59.6 Å². The SMILES string of the molecule is COc1ccccc1CN1C(=O)C(Nc2cccc(Cl)c2C)=C(c2ccc(Cl)cc2)C1=O. The number of amides is 2. The Kier molecular flexibility index (Phi) is 6.21. The number of hydrogen-bond donors (Lipinski definition) is 1. The zero-order chi connectivity index (χ0) is 22.8. The molecule has 0 saturated carbocycles. The number of ether oxygens (including phenoxy) is 1. The van der Waals surface area contributed by atoms with Gasteiger partial charge in [0.1, 0.15) is 11.4 Å². The predicted octanol–water partition coefficient (Wildman–Crippen LogP) is 5.70. The first-order valence-corrected chi connectivity index (χ1v) is 10.7. The number of methoxy groups -OCH3 is 1. The van der Waals surface area contributed by atoms with Crippen molar-refractivity contribution in [3.8, 4) is 5.75 Å². The highest BCUT2D eigenvalue weighted by Gasteiger charge is 2.39. The normalized spacial score (nSPS) is 13.7. The minimum Gasteiger partial charge on any atom is -0.496 e. The summed E-state index contributed by atoms with van der Waals surface area (Å²) in [7, 11) is 1.55. The number of carbonyl (C=O) groups is 2. The molecule has 1 aliphatic rings. The quantitative estimate of drug-likeness (QED) is 0.473. The van der Waals surface area contributed by atoms with Crippen LogP contribution < -0.4 is 10.1 Å². The molecule has 0 radical (unpaired) electrons. The first kappa shape index (κ1) is 21.9. The molecular formula is C25H20Cl2N2O3. The number of para-hydroxylation sites is 1. The molecule has 0 saturated heterocycles. The van der Waals surface area contributed by atoms with E-state index in [9.17, 15) is 9.59 Å². The summed E-state index contributed by atoms with van der Waals surface area (Å²) in [5, 5.41) is 4.26. The van der Waals surface area contributed by atoms with Crippen molar-refractivity contribution in [3.05, 3.63) is 99.2 Å². The van der Waals surface area contributed by atoms with Crippen LogP contribution >= 0.6 is 23.2 Å². The van der Waals surface area contributed by atoms with E-state index in [4.69, 9.17) is 27.9 Å². The van der Waals surface area contributed by atoms with E-state index >= 15 is 0 Å². The highest BCUT2D eigenvalue weighted by Crippen LogP contribution is 2.34. The van der Waals surface area contributed by atoms with E-state index in [0.717, 1.165) is 11.1 Å². The van der Waals surface area contributed by atoms with Gasteiger partial charge in [0, 0.05) is 21.3 Å². The molecule has 0 aromatic heterocycles. The molecule has 0 bridgehead atoms. The summed E-state index contributed by atoms with van der Waals surface area (Å²) < 4.78 is 5.39. The Balaban J connectivity index is 1.78. The maximum atomic E-state index is 13.5. The van der Waals surface area contributed by atoms with Crippen LogP contribution in [-0.4, -0.2) is 23.8 Å². The van der Waals surface area contributed by atoms with Crippen LogP contribution in [0.1, 0.15) is 16.7 Å². The summed E-state index contributed by atoms with van der Waals surface area (Å²) in [4.78, 5) is 28.1. The lowest BCUT2D eigenvalue weighted by Crippen LogP contribution is -2.32. The second-order valence-corrected chi connectivity index (χ2v) is 8.15. The maximum absolute atomic E-state index is 13.5. The molecule has 3 aromatic carbocycles. The smallest absolute Gasteiger partial charge is 0.278 e. The van der Waals surface area contributed by atoms with Crippen molar-refractivity contribution in [3.63, 3.8) is 0 Å². The average Bonchev–Trinajstić information content (AvgIpc) is 3.02. The topological polar surface area (TPSA) is 58.6 Å². The van der Waals surface area contributed by atoms with E-state index in [0.29, 0.717) is 27.0 Å². The number of halogens is 2. The van der Waals surface area contributed by atoms with Crippen molar-refractivity contribution in [1.82, 2.24) is 4.90 Å². The van der Waals surface area contributed by atoms with E-state index in [2.05, 4.69) is 5.32 Å². The summed E-state index contributed by atoms with van der Waals surface area (Å²) in [6, 6.07) is 19.5. The molecule has 1 heterocycles. The van der Waals surface area contributed by atoms with E-state index in [1.165, 1.54) is 4.90 Å². The van der Waals surface area contributed by atoms with Crippen LogP contribution in [0, 0.1) is 6.92 Å². The lowest BCUT2D eigenvalue weighted by molar-refractivity contribution is -0.137. The molecule has 162 valence electrons.